The molecule has 0 saturated carbocycles. The molecule has 0 fully saturated rings. The van der Waals surface area contributed by atoms with Crippen LogP contribution in [0, 0.1) is 12.7 Å². The zero-order valence-corrected chi connectivity index (χ0v) is 9.85. The summed E-state index contributed by atoms with van der Waals surface area (Å²) >= 11 is 0. The van der Waals surface area contributed by atoms with Gasteiger partial charge in [-0.3, -0.25) is 4.72 Å². The van der Waals surface area contributed by atoms with Gasteiger partial charge in [-0.05, 0) is 43.7 Å². The van der Waals surface area contributed by atoms with Crippen LogP contribution < -0.4 is 10.5 Å². The molecule has 0 heterocycles. The van der Waals surface area contributed by atoms with E-state index >= 15 is 0 Å². The number of hydrogen-bond acceptors (Lipinski definition) is 3. The number of nitrogens with two attached hydrogens (primary N) is 1. The number of halogens is 1. The van der Waals surface area contributed by atoms with Crippen LogP contribution >= 0.6 is 0 Å². The van der Waals surface area contributed by atoms with Crippen molar-refractivity contribution in [1.82, 2.24) is 0 Å². The van der Waals surface area contributed by atoms with Crippen LogP contribution in [0.4, 0.5) is 10.1 Å². The van der Waals surface area contributed by atoms with Crippen molar-refractivity contribution in [2.75, 3.05) is 17.0 Å². The van der Waals surface area contributed by atoms with Crippen LogP contribution in [-0.4, -0.2) is 20.7 Å². The summed E-state index contributed by atoms with van der Waals surface area (Å²) in [5, 5.41) is 0. The second-order valence-electron chi connectivity index (χ2n) is 3.58. The lowest BCUT2D eigenvalue weighted by molar-refractivity contribution is 0.598. The highest BCUT2D eigenvalue weighted by Gasteiger charge is 2.10. The molecule has 4 nitrogen and oxygen atoms in total. The van der Waals surface area contributed by atoms with Crippen molar-refractivity contribution >= 4 is 15.7 Å². The van der Waals surface area contributed by atoms with Crippen molar-refractivity contribution in [3.05, 3.63) is 29.6 Å². The summed E-state index contributed by atoms with van der Waals surface area (Å²) in [5.41, 5.74) is 6.13. The molecule has 0 bridgehead atoms. The van der Waals surface area contributed by atoms with Crippen LogP contribution in [0.5, 0.6) is 0 Å². The van der Waals surface area contributed by atoms with Gasteiger partial charge in [0.25, 0.3) is 0 Å². The Morgan fingerprint density at radius 2 is 2.06 bits per heavy atom. The average molecular weight is 246 g/mol. The summed E-state index contributed by atoms with van der Waals surface area (Å²) in [4.78, 5) is 0. The topological polar surface area (TPSA) is 72.2 Å². The molecule has 0 atom stereocenters. The highest BCUT2D eigenvalue weighted by molar-refractivity contribution is 7.92. The summed E-state index contributed by atoms with van der Waals surface area (Å²) in [6.45, 7) is 2.00. The van der Waals surface area contributed by atoms with Gasteiger partial charge in [-0.2, -0.15) is 0 Å². The summed E-state index contributed by atoms with van der Waals surface area (Å²) in [5.74, 6) is -0.518. The largest absolute Gasteiger partial charge is 0.330 e. The molecule has 3 N–H and O–H groups in total. The molecule has 0 aliphatic heterocycles. The number of aryl methyl sites for hydroxylation is 1. The quantitative estimate of drug-likeness (QED) is 0.820. The van der Waals surface area contributed by atoms with Crippen LogP contribution in [-0.2, 0) is 10.0 Å². The molecule has 0 unspecified atom stereocenters. The molecule has 0 saturated heterocycles. The summed E-state index contributed by atoms with van der Waals surface area (Å²) in [6.07, 6.45) is 0.379. The molecule has 0 radical (unpaired) electrons. The Balaban J connectivity index is 2.80. The first-order valence-electron chi connectivity index (χ1n) is 4.91. The second-order valence-corrected chi connectivity index (χ2v) is 5.42. The molecule has 1 aromatic carbocycles. The van der Waals surface area contributed by atoms with E-state index in [0.717, 1.165) is 6.07 Å². The lowest BCUT2D eigenvalue weighted by Gasteiger charge is -2.08. The Hall–Kier alpha value is -1.14. The predicted octanol–water partition coefficient (Wildman–Crippen LogP) is 1.22. The van der Waals surface area contributed by atoms with Gasteiger partial charge in [-0.1, -0.05) is 0 Å². The highest BCUT2D eigenvalue weighted by Crippen LogP contribution is 2.14. The third kappa shape index (κ3) is 4.16. The molecular formula is C10H15FN2O2S. The summed E-state index contributed by atoms with van der Waals surface area (Å²) < 4.78 is 38.3. The molecule has 0 aliphatic carbocycles. The highest BCUT2D eigenvalue weighted by atomic mass is 32.2. The van der Waals surface area contributed by atoms with Crippen LogP contribution in [0.3, 0.4) is 0 Å². The zero-order chi connectivity index (χ0) is 12.2. The van der Waals surface area contributed by atoms with Gasteiger partial charge in [0.05, 0.1) is 11.4 Å². The van der Waals surface area contributed by atoms with Crippen molar-refractivity contribution in [2.45, 2.75) is 13.3 Å². The van der Waals surface area contributed by atoms with E-state index in [0.29, 0.717) is 18.5 Å². The maximum atomic E-state index is 13.0. The van der Waals surface area contributed by atoms with E-state index < -0.39 is 15.8 Å². The van der Waals surface area contributed by atoms with Gasteiger partial charge in [-0.15, -0.1) is 0 Å². The lowest BCUT2D eigenvalue weighted by atomic mass is 10.2. The number of nitrogens with one attached hydrogen (secondary N) is 1. The van der Waals surface area contributed by atoms with Gasteiger partial charge >= 0.3 is 0 Å². The van der Waals surface area contributed by atoms with E-state index in [2.05, 4.69) is 4.72 Å². The molecule has 0 amide bonds. The second kappa shape index (κ2) is 5.27. The van der Waals surface area contributed by atoms with E-state index in [1.807, 2.05) is 0 Å². The first-order valence-corrected chi connectivity index (χ1v) is 6.56. The minimum atomic E-state index is -3.43. The SMILES string of the molecule is Cc1cc(F)cc(NS(=O)(=O)CCCN)c1. The predicted molar refractivity (Wildman–Crippen MR) is 62.2 cm³/mol. The van der Waals surface area contributed by atoms with Gasteiger partial charge in [0.1, 0.15) is 5.82 Å². The smallest absolute Gasteiger partial charge is 0.232 e. The van der Waals surface area contributed by atoms with Crippen LogP contribution in [0.15, 0.2) is 18.2 Å². The first kappa shape index (κ1) is 12.9. The zero-order valence-electron chi connectivity index (χ0n) is 9.03. The van der Waals surface area contributed by atoms with Crippen molar-refractivity contribution in [3.63, 3.8) is 0 Å². The minimum absolute atomic E-state index is 0.0565. The van der Waals surface area contributed by atoms with E-state index in [1.165, 1.54) is 6.07 Å². The molecule has 6 heteroatoms. The fraction of sp³-hybridized carbons (Fsp3) is 0.400. The molecule has 0 aliphatic rings. The van der Waals surface area contributed by atoms with Gasteiger partial charge in [0.15, 0.2) is 0 Å². The molecular weight excluding hydrogens is 231 g/mol. The average Bonchev–Trinajstić information content (AvgIpc) is 2.12. The standard InChI is InChI=1S/C10H15FN2O2S/c1-8-5-9(11)7-10(6-8)13-16(14,15)4-2-3-12/h5-7,13H,2-4,12H2,1H3. The first-order chi connectivity index (χ1) is 7.43. The molecule has 1 rings (SSSR count). The number of benzene rings is 1. The van der Waals surface area contributed by atoms with E-state index in [4.69, 9.17) is 5.73 Å². The van der Waals surface area contributed by atoms with E-state index in [9.17, 15) is 12.8 Å². The number of anilines is 1. The van der Waals surface area contributed by atoms with Gasteiger partial charge in [-0.25, -0.2) is 12.8 Å². The van der Waals surface area contributed by atoms with Gasteiger partial charge < -0.3 is 5.73 Å². The van der Waals surface area contributed by atoms with E-state index in [1.54, 1.807) is 13.0 Å². The van der Waals surface area contributed by atoms with Crippen molar-refractivity contribution in [1.29, 1.82) is 0 Å². The fourth-order valence-electron chi connectivity index (χ4n) is 1.30. The maximum Gasteiger partial charge on any atom is 0.232 e. The molecule has 0 spiro atoms. The van der Waals surface area contributed by atoms with Gasteiger partial charge in [0.2, 0.25) is 10.0 Å². The third-order valence-electron chi connectivity index (χ3n) is 1.93. The number of sulfonamides is 1. The summed E-state index contributed by atoms with van der Waals surface area (Å²) in [7, 11) is -3.43. The van der Waals surface area contributed by atoms with Gasteiger partial charge in [0, 0.05) is 0 Å². The molecule has 90 valence electrons. The lowest BCUT2D eigenvalue weighted by Crippen LogP contribution is -2.19. The maximum absolute atomic E-state index is 13.0. The van der Waals surface area contributed by atoms with Crippen LogP contribution in [0.25, 0.3) is 0 Å². The molecule has 1 aromatic rings. The Labute approximate surface area is 94.7 Å². The third-order valence-corrected chi connectivity index (χ3v) is 3.31. The normalized spacial score (nSPS) is 11.4. The Bertz CT molecular complexity index is 440. The molecule has 0 aromatic heterocycles. The van der Waals surface area contributed by atoms with Crippen LogP contribution in [0.1, 0.15) is 12.0 Å². The van der Waals surface area contributed by atoms with Crippen molar-refractivity contribution in [3.8, 4) is 0 Å². The van der Waals surface area contributed by atoms with Crippen LogP contribution in [0.2, 0.25) is 0 Å². The molecule has 16 heavy (non-hydrogen) atoms. The Kier molecular flexibility index (Phi) is 4.26. The van der Waals surface area contributed by atoms with Crippen molar-refractivity contribution in [2.24, 2.45) is 5.73 Å². The number of rotatable bonds is 5. The fourth-order valence-corrected chi connectivity index (χ4v) is 2.42. The van der Waals surface area contributed by atoms with E-state index in [-0.39, 0.29) is 11.4 Å². The monoisotopic (exact) mass is 246 g/mol. The minimum Gasteiger partial charge on any atom is -0.330 e. The Morgan fingerprint density at radius 1 is 1.38 bits per heavy atom. The Morgan fingerprint density at radius 3 is 2.62 bits per heavy atom. The summed E-state index contributed by atoms with van der Waals surface area (Å²) in [6, 6.07) is 4.05. The van der Waals surface area contributed by atoms with Crippen molar-refractivity contribution < 1.29 is 12.8 Å². The number of hydrogen-bond donors (Lipinski definition) is 2.